The number of alkyl carbamates (subject to hydrolysis) is 1. The average Bonchev–Trinajstić information content (AvgIpc) is 2.59. The van der Waals surface area contributed by atoms with Crippen LogP contribution < -0.4 is 5.32 Å². The zero-order valence-corrected chi connectivity index (χ0v) is 15.9. The van der Waals surface area contributed by atoms with Crippen molar-refractivity contribution in [3.63, 3.8) is 0 Å². The van der Waals surface area contributed by atoms with E-state index in [1.165, 1.54) is 24.3 Å². The van der Waals surface area contributed by atoms with Crippen LogP contribution in [0.1, 0.15) is 56.8 Å². The number of hydrogen-bond acceptors (Lipinski definition) is 6. The molecular formula is C19H26N2O6. The van der Waals surface area contributed by atoms with Crippen LogP contribution in [0.5, 0.6) is 0 Å². The molecule has 0 spiro atoms. The van der Waals surface area contributed by atoms with Gasteiger partial charge in [-0.3, -0.25) is 10.1 Å². The number of nitrogens with zero attached hydrogens (tertiary/aromatic N) is 1. The van der Waals surface area contributed by atoms with E-state index >= 15 is 0 Å². The van der Waals surface area contributed by atoms with Crippen molar-refractivity contribution in [1.29, 1.82) is 0 Å². The predicted octanol–water partition coefficient (Wildman–Crippen LogP) is 3.84. The maximum atomic E-state index is 12.2. The minimum atomic E-state index is -0.520. The molecule has 0 heterocycles. The molecule has 27 heavy (non-hydrogen) atoms. The van der Waals surface area contributed by atoms with E-state index in [0.717, 1.165) is 25.7 Å². The van der Waals surface area contributed by atoms with Crippen molar-refractivity contribution in [2.45, 2.75) is 58.2 Å². The molecule has 1 N–H and O–H groups in total. The molecule has 2 rings (SSSR count). The minimum absolute atomic E-state index is 0.0652. The Hall–Kier alpha value is -2.64. The van der Waals surface area contributed by atoms with Crippen molar-refractivity contribution < 1.29 is 24.0 Å². The summed E-state index contributed by atoms with van der Waals surface area (Å²) in [5.41, 5.74) is -0.285. The summed E-state index contributed by atoms with van der Waals surface area (Å²) < 4.78 is 10.7. The molecule has 0 unspecified atom stereocenters. The average molecular weight is 378 g/mol. The molecule has 1 aliphatic carbocycles. The van der Waals surface area contributed by atoms with Crippen molar-refractivity contribution in [1.82, 2.24) is 5.32 Å². The lowest BCUT2D eigenvalue weighted by Crippen LogP contribution is -2.36. The third kappa shape index (κ3) is 6.88. The molecule has 1 aliphatic rings. The van der Waals surface area contributed by atoms with Crippen LogP contribution in [0.3, 0.4) is 0 Å². The van der Waals surface area contributed by atoms with Crippen LogP contribution in [0.25, 0.3) is 0 Å². The van der Waals surface area contributed by atoms with Crippen molar-refractivity contribution in [2.75, 3.05) is 6.54 Å². The lowest BCUT2D eigenvalue weighted by Gasteiger charge is -2.28. The fourth-order valence-electron chi connectivity index (χ4n) is 2.93. The Bertz CT molecular complexity index is 672. The summed E-state index contributed by atoms with van der Waals surface area (Å²) in [6.45, 7) is 5.99. The van der Waals surface area contributed by atoms with Gasteiger partial charge >= 0.3 is 12.1 Å². The third-order valence-electron chi connectivity index (χ3n) is 4.32. The van der Waals surface area contributed by atoms with E-state index < -0.39 is 22.6 Å². The topological polar surface area (TPSA) is 108 Å². The molecule has 1 saturated carbocycles. The number of amides is 1. The van der Waals surface area contributed by atoms with Crippen molar-refractivity contribution in [2.24, 2.45) is 5.92 Å². The Morgan fingerprint density at radius 2 is 1.74 bits per heavy atom. The lowest BCUT2D eigenvalue weighted by molar-refractivity contribution is -0.384. The predicted molar refractivity (Wildman–Crippen MR) is 98.5 cm³/mol. The van der Waals surface area contributed by atoms with E-state index in [4.69, 9.17) is 9.47 Å². The first-order chi connectivity index (χ1) is 12.6. The van der Waals surface area contributed by atoms with E-state index in [0.29, 0.717) is 18.0 Å². The smallest absolute Gasteiger partial charge is 0.407 e. The maximum Gasteiger partial charge on any atom is 0.407 e. The van der Waals surface area contributed by atoms with Crippen molar-refractivity contribution >= 4 is 17.7 Å². The van der Waals surface area contributed by atoms with Gasteiger partial charge in [0.15, 0.2) is 0 Å². The fraction of sp³-hybridized carbons (Fsp3) is 0.579. The highest BCUT2D eigenvalue weighted by Crippen LogP contribution is 2.26. The van der Waals surface area contributed by atoms with E-state index in [-0.39, 0.29) is 11.8 Å². The molecule has 148 valence electrons. The van der Waals surface area contributed by atoms with Gasteiger partial charge in [-0.2, -0.15) is 0 Å². The highest BCUT2D eigenvalue weighted by molar-refractivity contribution is 5.89. The van der Waals surface area contributed by atoms with Crippen LogP contribution >= 0.6 is 0 Å². The maximum absolute atomic E-state index is 12.2. The van der Waals surface area contributed by atoms with Crippen molar-refractivity contribution in [3.05, 3.63) is 39.9 Å². The van der Waals surface area contributed by atoms with Crippen LogP contribution in [0, 0.1) is 16.0 Å². The number of nitrogens with one attached hydrogen (secondary N) is 1. The van der Waals surface area contributed by atoms with Gasteiger partial charge in [-0.1, -0.05) is 0 Å². The highest BCUT2D eigenvalue weighted by Gasteiger charge is 2.25. The number of carbonyl (C=O) groups is 2. The monoisotopic (exact) mass is 378 g/mol. The molecule has 0 aliphatic heterocycles. The van der Waals surface area contributed by atoms with Gasteiger partial charge in [0.2, 0.25) is 0 Å². The van der Waals surface area contributed by atoms with Gasteiger partial charge < -0.3 is 14.8 Å². The summed E-state index contributed by atoms with van der Waals surface area (Å²) in [5, 5.41) is 13.4. The number of hydrogen-bond donors (Lipinski definition) is 1. The summed E-state index contributed by atoms with van der Waals surface area (Å²) in [4.78, 5) is 34.0. The minimum Gasteiger partial charge on any atom is -0.459 e. The molecule has 0 aromatic heterocycles. The first-order valence-electron chi connectivity index (χ1n) is 9.06. The molecule has 0 bridgehead atoms. The number of nitro groups is 1. The number of rotatable bonds is 5. The summed E-state index contributed by atoms with van der Waals surface area (Å²) in [7, 11) is 0. The SMILES string of the molecule is CC(C)(C)OC(=O)NC[C@H]1CC[C@@H](OC(=O)c2ccc([N+](=O)[O-])cc2)CC1. The van der Waals surface area contributed by atoms with Gasteiger partial charge in [-0.25, -0.2) is 9.59 Å². The Morgan fingerprint density at radius 1 is 1.15 bits per heavy atom. The summed E-state index contributed by atoms with van der Waals surface area (Å²) >= 11 is 0. The Labute approximate surface area is 158 Å². The quantitative estimate of drug-likeness (QED) is 0.474. The van der Waals surface area contributed by atoms with Crippen molar-refractivity contribution in [3.8, 4) is 0 Å². The second-order valence-corrected chi connectivity index (χ2v) is 7.73. The normalized spacial score (nSPS) is 19.8. The zero-order valence-electron chi connectivity index (χ0n) is 15.9. The van der Waals surface area contributed by atoms with Crippen LogP contribution in [0.2, 0.25) is 0 Å². The van der Waals surface area contributed by atoms with E-state index in [2.05, 4.69) is 5.32 Å². The van der Waals surface area contributed by atoms with E-state index in [9.17, 15) is 19.7 Å². The van der Waals surface area contributed by atoms with Gasteiger partial charge in [0, 0.05) is 18.7 Å². The van der Waals surface area contributed by atoms with Gasteiger partial charge in [-0.05, 0) is 64.5 Å². The number of non-ortho nitro benzene ring substituents is 1. The lowest BCUT2D eigenvalue weighted by atomic mass is 9.87. The molecule has 0 saturated heterocycles. The summed E-state index contributed by atoms with van der Waals surface area (Å²) in [5.74, 6) is -0.146. The highest BCUT2D eigenvalue weighted by atomic mass is 16.6. The van der Waals surface area contributed by atoms with Gasteiger partial charge in [-0.15, -0.1) is 0 Å². The van der Waals surface area contributed by atoms with Crippen LogP contribution in [-0.4, -0.2) is 35.2 Å². The molecule has 1 aromatic carbocycles. The summed E-state index contributed by atoms with van der Waals surface area (Å²) in [6.07, 6.45) is 2.53. The molecule has 0 atom stereocenters. The number of ether oxygens (including phenoxy) is 2. The third-order valence-corrected chi connectivity index (χ3v) is 4.32. The largest absolute Gasteiger partial charge is 0.459 e. The van der Waals surface area contributed by atoms with Crippen LogP contribution in [0.15, 0.2) is 24.3 Å². The second-order valence-electron chi connectivity index (χ2n) is 7.73. The Balaban J connectivity index is 1.73. The molecule has 1 fully saturated rings. The summed E-state index contributed by atoms with van der Waals surface area (Å²) in [6, 6.07) is 5.37. The standard InChI is InChI=1S/C19H26N2O6/c1-19(2,3)27-18(23)20-12-13-4-10-16(11-5-13)26-17(22)14-6-8-15(9-7-14)21(24)25/h6-9,13,16H,4-5,10-12H2,1-3H3,(H,20,23)/t13-,16+. The molecule has 8 heteroatoms. The first kappa shape index (κ1) is 20.7. The molecule has 8 nitrogen and oxygen atoms in total. The van der Waals surface area contributed by atoms with E-state index in [1.807, 2.05) is 20.8 Å². The van der Waals surface area contributed by atoms with Gasteiger partial charge in [0.05, 0.1) is 10.5 Å². The van der Waals surface area contributed by atoms with Gasteiger partial charge in [0.1, 0.15) is 11.7 Å². The first-order valence-corrected chi connectivity index (χ1v) is 9.06. The van der Waals surface area contributed by atoms with Gasteiger partial charge in [0.25, 0.3) is 5.69 Å². The molecule has 1 aromatic rings. The Morgan fingerprint density at radius 3 is 2.26 bits per heavy atom. The zero-order chi connectivity index (χ0) is 20.0. The number of benzene rings is 1. The van der Waals surface area contributed by atoms with E-state index in [1.54, 1.807) is 0 Å². The number of esters is 1. The number of nitro benzene ring substituents is 1. The Kier molecular flexibility index (Phi) is 6.76. The number of carbonyl (C=O) groups excluding carboxylic acids is 2. The molecular weight excluding hydrogens is 352 g/mol. The van der Waals surface area contributed by atoms with Crippen LogP contribution in [-0.2, 0) is 9.47 Å². The van der Waals surface area contributed by atoms with Crippen LogP contribution in [0.4, 0.5) is 10.5 Å². The fourth-order valence-corrected chi connectivity index (χ4v) is 2.93. The molecule has 1 amide bonds. The second kappa shape index (κ2) is 8.83. The molecule has 0 radical (unpaired) electrons.